The summed E-state index contributed by atoms with van der Waals surface area (Å²) in [7, 11) is 0. The fraction of sp³-hybridized carbons (Fsp3) is 0.500. The molecule has 22 heavy (non-hydrogen) atoms. The maximum absolute atomic E-state index is 11.7. The summed E-state index contributed by atoms with van der Waals surface area (Å²) < 4.78 is 4.98. The Kier molecular flexibility index (Phi) is 7.01. The predicted molar refractivity (Wildman–Crippen MR) is 84.7 cm³/mol. The van der Waals surface area contributed by atoms with Crippen LogP contribution in [0.15, 0.2) is 24.3 Å². The van der Waals surface area contributed by atoms with Crippen molar-refractivity contribution in [1.29, 1.82) is 0 Å². The van der Waals surface area contributed by atoms with Crippen molar-refractivity contribution in [2.45, 2.75) is 26.2 Å². The van der Waals surface area contributed by atoms with E-state index in [9.17, 15) is 9.59 Å². The van der Waals surface area contributed by atoms with Crippen molar-refractivity contribution in [1.82, 2.24) is 5.32 Å². The molecule has 6 heteroatoms. The van der Waals surface area contributed by atoms with Gasteiger partial charge in [-0.25, -0.2) is 0 Å². The summed E-state index contributed by atoms with van der Waals surface area (Å²) >= 11 is 0. The first kappa shape index (κ1) is 18.1. The summed E-state index contributed by atoms with van der Waals surface area (Å²) in [6.07, 6.45) is 0. The van der Waals surface area contributed by atoms with Crippen molar-refractivity contribution < 1.29 is 19.4 Å². The Morgan fingerprint density at radius 3 is 2.27 bits per heavy atom. The second-order valence-electron chi connectivity index (χ2n) is 5.87. The fourth-order valence-corrected chi connectivity index (χ4v) is 1.73. The second-order valence-corrected chi connectivity index (χ2v) is 5.87. The molecule has 0 aliphatic rings. The molecule has 0 aromatic heterocycles. The number of hydrogen-bond donors (Lipinski definition) is 3. The van der Waals surface area contributed by atoms with Gasteiger partial charge in [-0.3, -0.25) is 9.59 Å². The number of carbonyl (C=O) groups is 2. The van der Waals surface area contributed by atoms with E-state index in [4.69, 9.17) is 9.84 Å². The lowest BCUT2D eigenvalue weighted by molar-refractivity contribution is -0.136. The van der Waals surface area contributed by atoms with E-state index in [1.165, 1.54) is 0 Å². The Labute approximate surface area is 130 Å². The highest BCUT2D eigenvalue weighted by Gasteiger charge is 2.15. The van der Waals surface area contributed by atoms with E-state index in [1.54, 1.807) is 12.1 Å². The van der Waals surface area contributed by atoms with Crippen molar-refractivity contribution in [3.05, 3.63) is 29.8 Å². The highest BCUT2D eigenvalue weighted by Crippen LogP contribution is 2.23. The average Bonchev–Trinajstić information content (AvgIpc) is 2.46. The van der Waals surface area contributed by atoms with Crippen molar-refractivity contribution in [3.63, 3.8) is 0 Å². The van der Waals surface area contributed by atoms with Crippen LogP contribution >= 0.6 is 0 Å². The molecule has 0 spiro atoms. The van der Waals surface area contributed by atoms with Gasteiger partial charge in [0.15, 0.2) is 0 Å². The lowest BCUT2D eigenvalue weighted by Crippen LogP contribution is -2.37. The smallest absolute Gasteiger partial charge is 0.313 e. The minimum Gasteiger partial charge on any atom is -0.394 e. The first-order valence-corrected chi connectivity index (χ1v) is 7.23. The SMILES string of the molecule is CC(C)(C)c1ccc(NC(=O)C(=O)NCCOCCO)cc1. The van der Waals surface area contributed by atoms with Gasteiger partial charge < -0.3 is 20.5 Å². The second kappa shape index (κ2) is 8.51. The van der Waals surface area contributed by atoms with E-state index in [0.717, 1.165) is 5.56 Å². The number of amides is 2. The summed E-state index contributed by atoms with van der Waals surface area (Å²) in [6.45, 7) is 6.92. The van der Waals surface area contributed by atoms with Crippen LogP contribution in [0, 0.1) is 0 Å². The largest absolute Gasteiger partial charge is 0.394 e. The standard InChI is InChI=1S/C16H24N2O4/c1-16(2,3)12-4-6-13(7-5-12)18-15(21)14(20)17-8-10-22-11-9-19/h4-7,19H,8-11H2,1-3H3,(H,17,20)(H,18,21). The number of hydrogen-bond acceptors (Lipinski definition) is 4. The first-order chi connectivity index (χ1) is 10.3. The molecule has 0 radical (unpaired) electrons. The van der Waals surface area contributed by atoms with Gasteiger partial charge in [-0.1, -0.05) is 32.9 Å². The molecule has 0 atom stereocenters. The molecule has 0 aliphatic heterocycles. The molecular weight excluding hydrogens is 284 g/mol. The molecule has 0 bridgehead atoms. The van der Waals surface area contributed by atoms with Crippen LogP contribution in [0.4, 0.5) is 5.69 Å². The van der Waals surface area contributed by atoms with Gasteiger partial charge in [0, 0.05) is 12.2 Å². The van der Waals surface area contributed by atoms with Gasteiger partial charge in [-0.2, -0.15) is 0 Å². The van der Waals surface area contributed by atoms with E-state index in [0.29, 0.717) is 5.69 Å². The highest BCUT2D eigenvalue weighted by molar-refractivity contribution is 6.39. The van der Waals surface area contributed by atoms with Gasteiger partial charge >= 0.3 is 11.8 Å². The van der Waals surface area contributed by atoms with Crippen LogP contribution in [0.2, 0.25) is 0 Å². The summed E-state index contributed by atoms with van der Waals surface area (Å²) in [5, 5.41) is 13.5. The highest BCUT2D eigenvalue weighted by atomic mass is 16.5. The Bertz CT molecular complexity index is 492. The number of rotatable bonds is 6. The summed E-state index contributed by atoms with van der Waals surface area (Å²) in [5.74, 6) is -1.43. The monoisotopic (exact) mass is 308 g/mol. The number of anilines is 1. The molecule has 0 heterocycles. The van der Waals surface area contributed by atoms with Gasteiger partial charge in [-0.05, 0) is 23.1 Å². The average molecular weight is 308 g/mol. The number of carbonyl (C=O) groups excluding carboxylic acids is 2. The molecule has 0 saturated heterocycles. The molecular formula is C16H24N2O4. The van der Waals surface area contributed by atoms with Crippen molar-refractivity contribution in [2.24, 2.45) is 0 Å². The van der Waals surface area contributed by atoms with E-state index in [1.807, 2.05) is 12.1 Å². The van der Waals surface area contributed by atoms with Crippen LogP contribution in [-0.4, -0.2) is 43.3 Å². The van der Waals surface area contributed by atoms with Gasteiger partial charge in [0.1, 0.15) is 0 Å². The van der Waals surface area contributed by atoms with Crippen LogP contribution in [0.5, 0.6) is 0 Å². The summed E-state index contributed by atoms with van der Waals surface area (Å²) in [4.78, 5) is 23.3. The number of aliphatic hydroxyl groups is 1. The van der Waals surface area contributed by atoms with Crippen molar-refractivity contribution in [3.8, 4) is 0 Å². The van der Waals surface area contributed by atoms with Crippen LogP contribution in [0.25, 0.3) is 0 Å². The molecule has 3 N–H and O–H groups in total. The normalized spacial score (nSPS) is 11.1. The van der Waals surface area contributed by atoms with Gasteiger partial charge in [0.05, 0.1) is 19.8 Å². The zero-order valence-electron chi connectivity index (χ0n) is 13.3. The third-order valence-electron chi connectivity index (χ3n) is 2.98. The molecule has 0 saturated carbocycles. The fourth-order valence-electron chi connectivity index (χ4n) is 1.73. The third kappa shape index (κ3) is 6.24. The van der Waals surface area contributed by atoms with Crippen LogP contribution in [0.1, 0.15) is 26.3 Å². The minimum atomic E-state index is -0.717. The molecule has 1 rings (SSSR count). The lowest BCUT2D eigenvalue weighted by atomic mass is 9.87. The van der Waals surface area contributed by atoms with Gasteiger partial charge in [-0.15, -0.1) is 0 Å². The molecule has 0 aliphatic carbocycles. The van der Waals surface area contributed by atoms with E-state index in [2.05, 4.69) is 31.4 Å². The molecule has 2 amide bonds. The molecule has 1 aromatic rings. The lowest BCUT2D eigenvalue weighted by Gasteiger charge is -2.19. The molecule has 122 valence electrons. The predicted octanol–water partition coefficient (Wildman–Crippen LogP) is 1.05. The zero-order chi connectivity index (χ0) is 16.6. The van der Waals surface area contributed by atoms with Crippen LogP contribution < -0.4 is 10.6 Å². The van der Waals surface area contributed by atoms with Crippen molar-refractivity contribution in [2.75, 3.05) is 31.7 Å². The Morgan fingerprint density at radius 2 is 1.73 bits per heavy atom. The number of benzene rings is 1. The number of ether oxygens (including phenoxy) is 1. The number of aliphatic hydroxyl groups excluding tert-OH is 1. The maximum Gasteiger partial charge on any atom is 0.313 e. The Hall–Kier alpha value is -1.92. The Balaban J connectivity index is 2.42. The van der Waals surface area contributed by atoms with E-state index in [-0.39, 0.29) is 31.8 Å². The minimum absolute atomic E-state index is 0.0362. The van der Waals surface area contributed by atoms with E-state index < -0.39 is 11.8 Å². The molecule has 0 fully saturated rings. The topological polar surface area (TPSA) is 87.7 Å². The van der Waals surface area contributed by atoms with E-state index >= 15 is 0 Å². The molecule has 6 nitrogen and oxygen atoms in total. The molecule has 0 unspecified atom stereocenters. The van der Waals surface area contributed by atoms with Crippen LogP contribution in [0.3, 0.4) is 0 Å². The summed E-state index contributed by atoms with van der Waals surface area (Å²) in [5.41, 5.74) is 1.76. The quantitative estimate of drug-likeness (QED) is 0.541. The number of nitrogens with one attached hydrogen (secondary N) is 2. The Morgan fingerprint density at radius 1 is 1.09 bits per heavy atom. The maximum atomic E-state index is 11.7. The van der Waals surface area contributed by atoms with Gasteiger partial charge in [0.25, 0.3) is 0 Å². The van der Waals surface area contributed by atoms with Gasteiger partial charge in [0.2, 0.25) is 0 Å². The first-order valence-electron chi connectivity index (χ1n) is 7.23. The third-order valence-corrected chi connectivity index (χ3v) is 2.98. The summed E-state index contributed by atoms with van der Waals surface area (Å²) in [6, 6.07) is 7.40. The van der Waals surface area contributed by atoms with Crippen LogP contribution in [-0.2, 0) is 19.7 Å². The van der Waals surface area contributed by atoms with Crippen molar-refractivity contribution >= 4 is 17.5 Å². The zero-order valence-corrected chi connectivity index (χ0v) is 13.3. The molecule has 1 aromatic carbocycles.